The monoisotopic (exact) mass is 199 g/mol. The first-order valence-corrected chi connectivity index (χ1v) is 5.54. The van der Waals surface area contributed by atoms with Crippen LogP contribution in [0.5, 0.6) is 0 Å². The van der Waals surface area contributed by atoms with Gasteiger partial charge in [0.25, 0.3) is 0 Å². The van der Waals surface area contributed by atoms with E-state index in [1.165, 1.54) is 6.42 Å². The van der Waals surface area contributed by atoms with Crippen molar-refractivity contribution in [3.8, 4) is 0 Å². The van der Waals surface area contributed by atoms with E-state index in [2.05, 4.69) is 31.6 Å². The van der Waals surface area contributed by atoms with E-state index in [0.29, 0.717) is 5.92 Å². The summed E-state index contributed by atoms with van der Waals surface area (Å²) in [6.45, 7) is 4.58. The van der Waals surface area contributed by atoms with Gasteiger partial charge in [-0.05, 0) is 30.6 Å². The zero-order chi connectivity index (χ0) is 9.69. The van der Waals surface area contributed by atoms with Gasteiger partial charge in [-0.25, -0.2) is 0 Å². The molecule has 2 rings (SSSR count). The fraction of sp³-hybridized carbons (Fsp3) is 0.900. The normalized spacial score (nSPS) is 44.5. The molecule has 0 aliphatic heterocycles. The Labute approximate surface area is 84.8 Å². The zero-order valence-corrected chi connectivity index (χ0v) is 9.14. The summed E-state index contributed by atoms with van der Waals surface area (Å²) in [5.41, 5.74) is 1.34. The van der Waals surface area contributed by atoms with E-state index >= 15 is 0 Å². The highest BCUT2D eigenvalue weighted by Gasteiger charge is 2.62. The average molecular weight is 199 g/mol. The lowest BCUT2D eigenvalue weighted by Crippen LogP contribution is -2.37. The van der Waals surface area contributed by atoms with Crippen molar-refractivity contribution in [1.29, 1.82) is 0 Å². The van der Waals surface area contributed by atoms with E-state index < -0.39 is 0 Å². The molecule has 74 valence electrons. The topological polar surface area (TPSA) is 32.6 Å². The zero-order valence-electron chi connectivity index (χ0n) is 8.25. The summed E-state index contributed by atoms with van der Waals surface area (Å²) < 4.78 is 0. The van der Waals surface area contributed by atoms with E-state index in [4.69, 9.17) is 5.21 Å². The maximum absolute atomic E-state index is 8.97. The number of nitrogens with zero attached hydrogens (tertiary/aromatic N) is 1. The molecule has 0 spiro atoms. The summed E-state index contributed by atoms with van der Waals surface area (Å²) in [4.78, 5) is 0. The van der Waals surface area contributed by atoms with E-state index in [9.17, 15) is 0 Å². The van der Waals surface area contributed by atoms with E-state index in [1.54, 1.807) is 0 Å². The van der Waals surface area contributed by atoms with Gasteiger partial charge in [-0.2, -0.15) is 12.6 Å². The van der Waals surface area contributed by atoms with Crippen molar-refractivity contribution in [2.45, 2.75) is 33.1 Å². The standard InChI is InChI=1S/C10H17NOS/c1-9(2)7-3-4-10(9,6-13)8(5-7)11-12/h7,12-13H,3-6H2,1-2H3/b11-8+/t7-,10-/m1/s1. The van der Waals surface area contributed by atoms with Gasteiger partial charge in [-0.1, -0.05) is 19.0 Å². The second kappa shape index (κ2) is 2.66. The van der Waals surface area contributed by atoms with Crippen LogP contribution >= 0.6 is 12.6 Å². The number of oxime groups is 1. The van der Waals surface area contributed by atoms with Crippen LogP contribution in [0.2, 0.25) is 0 Å². The summed E-state index contributed by atoms with van der Waals surface area (Å²) in [7, 11) is 0. The molecule has 0 aromatic rings. The summed E-state index contributed by atoms with van der Waals surface area (Å²) in [6, 6.07) is 0. The van der Waals surface area contributed by atoms with E-state index in [-0.39, 0.29) is 10.8 Å². The molecular weight excluding hydrogens is 182 g/mol. The summed E-state index contributed by atoms with van der Waals surface area (Å²) >= 11 is 4.44. The van der Waals surface area contributed by atoms with Crippen molar-refractivity contribution in [1.82, 2.24) is 0 Å². The highest BCUT2D eigenvalue weighted by Crippen LogP contribution is 2.64. The first-order chi connectivity index (χ1) is 6.08. The molecule has 2 saturated carbocycles. The lowest BCUT2D eigenvalue weighted by atomic mass is 9.70. The van der Waals surface area contributed by atoms with Gasteiger partial charge in [0.15, 0.2) is 0 Å². The first-order valence-electron chi connectivity index (χ1n) is 4.91. The Hall–Kier alpha value is -0.180. The molecule has 13 heavy (non-hydrogen) atoms. The minimum absolute atomic E-state index is 0.0789. The van der Waals surface area contributed by atoms with Crippen LogP contribution in [0.15, 0.2) is 5.16 Å². The molecule has 2 aliphatic carbocycles. The molecule has 0 aromatic carbocycles. The number of hydrogen-bond donors (Lipinski definition) is 2. The Morgan fingerprint density at radius 3 is 2.69 bits per heavy atom. The highest BCUT2D eigenvalue weighted by atomic mass is 32.1. The minimum atomic E-state index is 0.0789. The Bertz CT molecular complexity index is 262. The smallest absolute Gasteiger partial charge is 0.0648 e. The predicted octanol–water partition coefficient (Wildman–Crippen LogP) is 2.57. The third-order valence-corrected chi connectivity index (χ3v) is 5.10. The Morgan fingerprint density at radius 2 is 2.31 bits per heavy atom. The molecule has 2 nitrogen and oxygen atoms in total. The molecule has 2 fully saturated rings. The summed E-state index contributed by atoms with van der Waals surface area (Å²) in [6.07, 6.45) is 3.39. The van der Waals surface area contributed by atoms with Gasteiger partial charge in [0.1, 0.15) is 0 Å². The van der Waals surface area contributed by atoms with Gasteiger partial charge in [0.05, 0.1) is 5.71 Å². The minimum Gasteiger partial charge on any atom is -0.411 e. The molecule has 0 aromatic heterocycles. The van der Waals surface area contributed by atoms with Crippen LogP contribution in [-0.2, 0) is 0 Å². The molecular formula is C10H17NOS. The van der Waals surface area contributed by atoms with E-state index in [0.717, 1.165) is 24.3 Å². The van der Waals surface area contributed by atoms with Gasteiger partial charge < -0.3 is 5.21 Å². The molecule has 3 heteroatoms. The van der Waals surface area contributed by atoms with Crippen molar-refractivity contribution >= 4 is 18.3 Å². The maximum Gasteiger partial charge on any atom is 0.0648 e. The van der Waals surface area contributed by atoms with Gasteiger partial charge in [-0.15, -0.1) is 0 Å². The number of hydrogen-bond acceptors (Lipinski definition) is 3. The SMILES string of the molecule is CC1(C)[C@@H]2CC[C@@]1(CS)/C(=N/O)C2. The third-order valence-electron chi connectivity index (χ3n) is 4.56. The molecule has 1 N–H and O–H groups in total. The van der Waals surface area contributed by atoms with Crippen LogP contribution in [0.3, 0.4) is 0 Å². The quantitative estimate of drug-likeness (QED) is 0.380. The molecule has 2 bridgehead atoms. The van der Waals surface area contributed by atoms with Crippen LogP contribution in [0.4, 0.5) is 0 Å². The molecule has 0 radical (unpaired) electrons. The van der Waals surface area contributed by atoms with Crippen LogP contribution in [0, 0.1) is 16.7 Å². The Morgan fingerprint density at radius 1 is 1.62 bits per heavy atom. The van der Waals surface area contributed by atoms with Crippen molar-refractivity contribution < 1.29 is 5.21 Å². The Kier molecular flexibility index (Phi) is 1.92. The largest absolute Gasteiger partial charge is 0.411 e. The Balaban J connectivity index is 2.47. The highest BCUT2D eigenvalue weighted by molar-refractivity contribution is 7.80. The molecule has 0 unspecified atom stereocenters. The number of fused-ring (bicyclic) bond motifs is 2. The molecule has 2 aliphatic rings. The predicted molar refractivity (Wildman–Crippen MR) is 56.6 cm³/mol. The molecule has 2 atom stereocenters. The summed E-state index contributed by atoms with van der Waals surface area (Å²) in [5, 5.41) is 12.4. The van der Waals surface area contributed by atoms with Crippen molar-refractivity contribution in [2.75, 3.05) is 5.75 Å². The lowest BCUT2D eigenvalue weighted by Gasteiger charge is -2.36. The lowest BCUT2D eigenvalue weighted by molar-refractivity contribution is 0.195. The summed E-state index contributed by atoms with van der Waals surface area (Å²) in [5.74, 6) is 1.51. The second-order valence-electron chi connectivity index (χ2n) is 4.95. The second-order valence-corrected chi connectivity index (χ2v) is 5.26. The maximum atomic E-state index is 8.97. The van der Waals surface area contributed by atoms with Crippen molar-refractivity contribution in [3.63, 3.8) is 0 Å². The first kappa shape index (κ1) is 9.38. The van der Waals surface area contributed by atoms with Crippen molar-refractivity contribution in [3.05, 3.63) is 0 Å². The number of rotatable bonds is 1. The number of thiol groups is 1. The van der Waals surface area contributed by atoms with Crippen LogP contribution in [0.1, 0.15) is 33.1 Å². The van der Waals surface area contributed by atoms with Crippen LogP contribution < -0.4 is 0 Å². The van der Waals surface area contributed by atoms with Gasteiger partial charge in [-0.3, -0.25) is 0 Å². The van der Waals surface area contributed by atoms with Gasteiger partial charge in [0.2, 0.25) is 0 Å². The van der Waals surface area contributed by atoms with Gasteiger partial charge in [0, 0.05) is 11.2 Å². The van der Waals surface area contributed by atoms with Crippen LogP contribution in [-0.4, -0.2) is 16.7 Å². The average Bonchev–Trinajstić information content (AvgIpc) is 2.50. The fourth-order valence-corrected chi connectivity index (χ4v) is 4.06. The van der Waals surface area contributed by atoms with Gasteiger partial charge >= 0.3 is 0 Å². The fourth-order valence-electron chi connectivity index (χ4n) is 3.31. The molecule has 0 heterocycles. The van der Waals surface area contributed by atoms with E-state index in [1.807, 2.05) is 0 Å². The molecule has 0 saturated heterocycles. The molecule has 0 amide bonds. The third kappa shape index (κ3) is 0.888. The van der Waals surface area contributed by atoms with Crippen LogP contribution in [0.25, 0.3) is 0 Å². The van der Waals surface area contributed by atoms with Crippen molar-refractivity contribution in [2.24, 2.45) is 21.9 Å².